The SMILES string of the molecule is CCn1cc(Oc2nccc(C(=O)OC)c2N)cn1. The molecule has 2 aromatic heterocycles. The third-order valence-corrected chi connectivity index (χ3v) is 2.51. The summed E-state index contributed by atoms with van der Waals surface area (Å²) in [7, 11) is 1.29. The van der Waals surface area contributed by atoms with Gasteiger partial charge in [0.15, 0.2) is 5.75 Å². The van der Waals surface area contributed by atoms with Crippen molar-refractivity contribution in [2.75, 3.05) is 12.8 Å². The number of hydrogen-bond acceptors (Lipinski definition) is 6. The van der Waals surface area contributed by atoms with Gasteiger partial charge in [0, 0.05) is 12.7 Å². The predicted octanol–water partition coefficient (Wildman–Crippen LogP) is 1.46. The molecule has 2 heterocycles. The summed E-state index contributed by atoms with van der Waals surface area (Å²) in [6.07, 6.45) is 4.70. The highest BCUT2D eigenvalue weighted by Crippen LogP contribution is 2.27. The number of esters is 1. The van der Waals surface area contributed by atoms with Crippen LogP contribution in [0.2, 0.25) is 0 Å². The van der Waals surface area contributed by atoms with Crippen molar-refractivity contribution in [1.82, 2.24) is 14.8 Å². The molecule has 0 fully saturated rings. The van der Waals surface area contributed by atoms with Gasteiger partial charge in [0.25, 0.3) is 0 Å². The second-order valence-electron chi connectivity index (χ2n) is 3.70. The first kappa shape index (κ1) is 12.9. The molecule has 19 heavy (non-hydrogen) atoms. The Morgan fingerprint density at radius 1 is 1.53 bits per heavy atom. The fourth-order valence-electron chi connectivity index (χ4n) is 1.51. The molecule has 0 aliphatic rings. The van der Waals surface area contributed by atoms with E-state index >= 15 is 0 Å². The Labute approximate surface area is 110 Å². The Kier molecular flexibility index (Phi) is 3.65. The number of nitrogen functional groups attached to an aromatic ring is 1. The third kappa shape index (κ3) is 2.65. The molecule has 7 nitrogen and oxygen atoms in total. The first-order valence-corrected chi connectivity index (χ1v) is 5.68. The molecule has 100 valence electrons. The van der Waals surface area contributed by atoms with Gasteiger partial charge in [-0.1, -0.05) is 0 Å². The zero-order valence-corrected chi connectivity index (χ0v) is 10.7. The van der Waals surface area contributed by atoms with Gasteiger partial charge in [0.2, 0.25) is 5.88 Å². The Bertz CT molecular complexity index is 594. The van der Waals surface area contributed by atoms with Crippen LogP contribution in [-0.4, -0.2) is 27.8 Å². The number of carbonyl (C=O) groups excluding carboxylic acids is 1. The highest BCUT2D eigenvalue weighted by atomic mass is 16.5. The Balaban J connectivity index is 2.27. The maximum Gasteiger partial charge on any atom is 0.340 e. The average Bonchev–Trinajstić information content (AvgIpc) is 2.88. The van der Waals surface area contributed by atoms with Crippen LogP contribution in [0.1, 0.15) is 17.3 Å². The zero-order valence-electron chi connectivity index (χ0n) is 10.7. The Morgan fingerprint density at radius 2 is 2.32 bits per heavy atom. The van der Waals surface area contributed by atoms with E-state index in [4.69, 9.17) is 10.5 Å². The van der Waals surface area contributed by atoms with Crippen LogP contribution >= 0.6 is 0 Å². The molecule has 0 aromatic carbocycles. The van der Waals surface area contributed by atoms with Crippen LogP contribution in [0, 0.1) is 0 Å². The van der Waals surface area contributed by atoms with Gasteiger partial charge in [0.1, 0.15) is 5.69 Å². The molecule has 0 aliphatic heterocycles. The van der Waals surface area contributed by atoms with Crippen molar-refractivity contribution in [2.24, 2.45) is 0 Å². The topological polar surface area (TPSA) is 92.3 Å². The summed E-state index contributed by atoms with van der Waals surface area (Å²) >= 11 is 0. The standard InChI is InChI=1S/C12H14N4O3/c1-3-16-7-8(6-15-16)19-11-10(13)9(4-5-14-11)12(17)18-2/h4-7H,3,13H2,1-2H3. The fraction of sp³-hybridized carbons (Fsp3) is 0.250. The van der Waals surface area contributed by atoms with E-state index in [1.165, 1.54) is 19.4 Å². The summed E-state index contributed by atoms with van der Waals surface area (Å²) < 4.78 is 11.8. The number of ether oxygens (including phenoxy) is 2. The second-order valence-corrected chi connectivity index (χ2v) is 3.70. The van der Waals surface area contributed by atoms with E-state index in [9.17, 15) is 4.79 Å². The molecule has 0 spiro atoms. The Morgan fingerprint density at radius 3 is 2.95 bits per heavy atom. The van der Waals surface area contributed by atoms with Crippen LogP contribution < -0.4 is 10.5 Å². The number of carbonyl (C=O) groups is 1. The van der Waals surface area contributed by atoms with Crippen LogP contribution in [0.4, 0.5) is 5.69 Å². The highest BCUT2D eigenvalue weighted by Gasteiger charge is 2.15. The minimum Gasteiger partial charge on any atom is -0.465 e. The van der Waals surface area contributed by atoms with E-state index in [2.05, 4.69) is 14.8 Å². The smallest absolute Gasteiger partial charge is 0.340 e. The summed E-state index contributed by atoms with van der Waals surface area (Å²) in [5, 5.41) is 4.07. The average molecular weight is 262 g/mol. The molecular formula is C12H14N4O3. The van der Waals surface area contributed by atoms with Gasteiger partial charge in [0.05, 0.1) is 25.1 Å². The van der Waals surface area contributed by atoms with E-state index < -0.39 is 5.97 Å². The molecule has 0 atom stereocenters. The van der Waals surface area contributed by atoms with E-state index in [1.807, 2.05) is 6.92 Å². The van der Waals surface area contributed by atoms with E-state index in [0.29, 0.717) is 5.75 Å². The van der Waals surface area contributed by atoms with Gasteiger partial charge < -0.3 is 15.2 Å². The third-order valence-electron chi connectivity index (χ3n) is 2.51. The number of anilines is 1. The molecule has 0 aliphatic carbocycles. The summed E-state index contributed by atoms with van der Waals surface area (Å²) in [5.74, 6) is 0.121. The number of methoxy groups -OCH3 is 1. The fourth-order valence-corrected chi connectivity index (χ4v) is 1.51. The Hall–Kier alpha value is -2.57. The number of rotatable bonds is 4. The van der Waals surface area contributed by atoms with Crippen LogP contribution in [0.3, 0.4) is 0 Å². The van der Waals surface area contributed by atoms with E-state index in [-0.39, 0.29) is 17.1 Å². The lowest BCUT2D eigenvalue weighted by atomic mass is 10.2. The van der Waals surface area contributed by atoms with Crippen molar-refractivity contribution in [3.63, 3.8) is 0 Å². The molecule has 2 N–H and O–H groups in total. The van der Waals surface area contributed by atoms with Crippen molar-refractivity contribution >= 4 is 11.7 Å². The lowest BCUT2D eigenvalue weighted by Gasteiger charge is -2.08. The van der Waals surface area contributed by atoms with Crippen LogP contribution in [0.15, 0.2) is 24.7 Å². The number of aryl methyl sites for hydroxylation is 1. The summed E-state index contributed by atoms with van der Waals surface area (Å²) in [5.41, 5.74) is 6.19. The van der Waals surface area contributed by atoms with Gasteiger partial charge in [-0.15, -0.1) is 0 Å². The number of nitrogens with zero attached hydrogens (tertiary/aromatic N) is 3. The highest BCUT2D eigenvalue weighted by molar-refractivity contribution is 5.96. The van der Waals surface area contributed by atoms with Crippen molar-refractivity contribution < 1.29 is 14.3 Å². The van der Waals surface area contributed by atoms with Crippen molar-refractivity contribution in [3.8, 4) is 11.6 Å². The molecule has 0 bridgehead atoms. The van der Waals surface area contributed by atoms with Gasteiger partial charge in [-0.05, 0) is 13.0 Å². The number of aromatic nitrogens is 3. The van der Waals surface area contributed by atoms with Crippen molar-refractivity contribution in [2.45, 2.75) is 13.5 Å². The second kappa shape index (κ2) is 5.38. The zero-order chi connectivity index (χ0) is 13.8. The number of nitrogens with two attached hydrogens (primary N) is 1. The van der Waals surface area contributed by atoms with E-state index in [1.54, 1.807) is 17.1 Å². The van der Waals surface area contributed by atoms with Crippen LogP contribution in [0.25, 0.3) is 0 Å². The minimum absolute atomic E-state index is 0.138. The number of hydrogen-bond donors (Lipinski definition) is 1. The molecule has 0 unspecified atom stereocenters. The monoisotopic (exact) mass is 262 g/mol. The molecule has 0 saturated heterocycles. The summed E-state index contributed by atoms with van der Waals surface area (Å²) in [6, 6.07) is 1.48. The summed E-state index contributed by atoms with van der Waals surface area (Å²) in [6.45, 7) is 2.69. The van der Waals surface area contributed by atoms with Crippen molar-refractivity contribution in [3.05, 3.63) is 30.2 Å². The minimum atomic E-state index is -0.533. The number of pyridine rings is 1. The lowest BCUT2D eigenvalue weighted by Crippen LogP contribution is -2.07. The molecule has 7 heteroatoms. The molecule has 2 rings (SSSR count). The first-order chi connectivity index (χ1) is 9.15. The van der Waals surface area contributed by atoms with Crippen molar-refractivity contribution in [1.29, 1.82) is 0 Å². The maximum atomic E-state index is 11.5. The molecule has 0 amide bonds. The van der Waals surface area contributed by atoms with E-state index in [0.717, 1.165) is 6.54 Å². The van der Waals surface area contributed by atoms with Gasteiger partial charge in [-0.2, -0.15) is 5.10 Å². The van der Waals surface area contributed by atoms with Gasteiger partial charge in [-0.3, -0.25) is 4.68 Å². The maximum absolute atomic E-state index is 11.5. The largest absolute Gasteiger partial charge is 0.465 e. The van der Waals surface area contributed by atoms with Gasteiger partial charge >= 0.3 is 5.97 Å². The lowest BCUT2D eigenvalue weighted by molar-refractivity contribution is 0.0601. The van der Waals surface area contributed by atoms with Gasteiger partial charge in [-0.25, -0.2) is 9.78 Å². The molecule has 0 saturated carbocycles. The van der Waals surface area contributed by atoms with Crippen LogP contribution in [0.5, 0.6) is 11.6 Å². The molecule has 2 aromatic rings. The summed E-state index contributed by atoms with van der Waals surface area (Å²) in [4.78, 5) is 15.5. The molecular weight excluding hydrogens is 248 g/mol. The normalized spacial score (nSPS) is 10.2. The molecule has 0 radical (unpaired) electrons. The predicted molar refractivity (Wildman–Crippen MR) is 68.0 cm³/mol. The van der Waals surface area contributed by atoms with Crippen LogP contribution in [-0.2, 0) is 11.3 Å². The first-order valence-electron chi connectivity index (χ1n) is 5.68. The quantitative estimate of drug-likeness (QED) is 0.838.